The van der Waals surface area contributed by atoms with Gasteiger partial charge < -0.3 is 10.1 Å². The van der Waals surface area contributed by atoms with Crippen molar-refractivity contribution in [3.8, 4) is 5.75 Å². The van der Waals surface area contributed by atoms with Crippen molar-refractivity contribution in [1.82, 2.24) is 5.32 Å². The third kappa shape index (κ3) is 2.26. The number of fused-ring (bicyclic) bond motifs is 1. The van der Waals surface area contributed by atoms with E-state index in [2.05, 4.69) is 17.4 Å². The Labute approximate surface area is 110 Å². The molecule has 0 spiro atoms. The second kappa shape index (κ2) is 5.31. The van der Waals surface area contributed by atoms with E-state index in [0.29, 0.717) is 5.92 Å². The summed E-state index contributed by atoms with van der Waals surface area (Å²) >= 11 is 0. The first kappa shape index (κ1) is 12.0. The predicted octanol–water partition coefficient (Wildman–Crippen LogP) is 3.04. The maximum atomic E-state index is 5.64. The molecule has 18 heavy (non-hydrogen) atoms. The Bertz CT molecular complexity index is 421. The number of nitrogens with one attached hydrogen (secondary N) is 1. The molecule has 98 valence electrons. The number of piperidine rings is 1. The topological polar surface area (TPSA) is 21.3 Å². The zero-order valence-corrected chi connectivity index (χ0v) is 11.3. The smallest absolute Gasteiger partial charge is 0.122 e. The van der Waals surface area contributed by atoms with Crippen molar-refractivity contribution >= 4 is 0 Å². The molecule has 1 aliphatic carbocycles. The van der Waals surface area contributed by atoms with Crippen LogP contribution >= 0.6 is 0 Å². The molecule has 2 nitrogen and oxygen atoms in total. The van der Waals surface area contributed by atoms with E-state index in [4.69, 9.17) is 4.74 Å². The number of ether oxygens (including phenoxy) is 1. The maximum Gasteiger partial charge on any atom is 0.122 e. The van der Waals surface area contributed by atoms with Gasteiger partial charge in [-0.15, -0.1) is 0 Å². The van der Waals surface area contributed by atoms with Crippen LogP contribution in [0.4, 0.5) is 0 Å². The molecular weight excluding hydrogens is 222 g/mol. The maximum absolute atomic E-state index is 5.64. The molecule has 1 saturated heterocycles. The first-order valence-corrected chi connectivity index (χ1v) is 7.29. The van der Waals surface area contributed by atoms with Crippen LogP contribution in [0.25, 0.3) is 0 Å². The van der Waals surface area contributed by atoms with Crippen molar-refractivity contribution in [2.75, 3.05) is 20.2 Å². The molecule has 1 heterocycles. The van der Waals surface area contributed by atoms with E-state index in [9.17, 15) is 0 Å². The number of hydrogen-bond donors (Lipinski definition) is 1. The van der Waals surface area contributed by atoms with Crippen LogP contribution in [0.3, 0.4) is 0 Å². The second-order valence-corrected chi connectivity index (χ2v) is 5.61. The summed E-state index contributed by atoms with van der Waals surface area (Å²) in [6.07, 6.45) is 7.75. The van der Waals surface area contributed by atoms with Gasteiger partial charge in [0.2, 0.25) is 0 Å². The Morgan fingerprint density at radius 3 is 2.56 bits per heavy atom. The van der Waals surface area contributed by atoms with Gasteiger partial charge in [0.1, 0.15) is 5.75 Å². The van der Waals surface area contributed by atoms with Gasteiger partial charge in [-0.2, -0.15) is 0 Å². The molecule has 3 rings (SSSR count). The Morgan fingerprint density at radius 2 is 1.89 bits per heavy atom. The molecule has 1 aromatic carbocycles. The molecule has 2 heteroatoms. The number of methoxy groups -OCH3 is 1. The Balaban J connectivity index is 1.95. The van der Waals surface area contributed by atoms with Gasteiger partial charge >= 0.3 is 0 Å². The fourth-order valence-corrected chi connectivity index (χ4v) is 3.40. The van der Waals surface area contributed by atoms with E-state index in [1.54, 1.807) is 5.56 Å². The fraction of sp³-hybridized carbons (Fsp3) is 0.625. The highest BCUT2D eigenvalue weighted by molar-refractivity contribution is 5.46. The molecule has 0 aromatic heterocycles. The predicted molar refractivity (Wildman–Crippen MR) is 74.5 cm³/mol. The van der Waals surface area contributed by atoms with Gasteiger partial charge in [0.05, 0.1) is 7.11 Å². The van der Waals surface area contributed by atoms with Crippen molar-refractivity contribution in [2.24, 2.45) is 0 Å². The average molecular weight is 245 g/mol. The summed E-state index contributed by atoms with van der Waals surface area (Å²) in [4.78, 5) is 0. The minimum atomic E-state index is 0.640. The lowest BCUT2D eigenvalue weighted by Gasteiger charge is -2.27. The summed E-state index contributed by atoms with van der Waals surface area (Å²) in [7, 11) is 1.81. The first-order chi connectivity index (χ1) is 8.88. The number of benzene rings is 1. The van der Waals surface area contributed by atoms with Crippen LogP contribution in [0.1, 0.15) is 48.3 Å². The van der Waals surface area contributed by atoms with Crippen LogP contribution < -0.4 is 10.1 Å². The minimum absolute atomic E-state index is 0.640. The van der Waals surface area contributed by atoms with E-state index in [-0.39, 0.29) is 0 Å². The van der Waals surface area contributed by atoms with Gasteiger partial charge in [0, 0.05) is 12.5 Å². The lowest BCUT2D eigenvalue weighted by atomic mass is 9.84. The van der Waals surface area contributed by atoms with Crippen molar-refractivity contribution < 1.29 is 4.74 Å². The van der Waals surface area contributed by atoms with Gasteiger partial charge in [-0.3, -0.25) is 0 Å². The Kier molecular flexibility index (Phi) is 3.55. The quantitative estimate of drug-likeness (QED) is 0.864. The third-order valence-electron chi connectivity index (χ3n) is 4.43. The van der Waals surface area contributed by atoms with Crippen molar-refractivity contribution in [3.63, 3.8) is 0 Å². The zero-order valence-electron chi connectivity index (χ0n) is 11.3. The molecule has 0 bridgehead atoms. The molecule has 0 radical (unpaired) electrons. The molecule has 0 saturated carbocycles. The number of rotatable bonds is 2. The Hall–Kier alpha value is -1.02. The summed E-state index contributed by atoms with van der Waals surface area (Å²) in [5.41, 5.74) is 4.53. The molecular formula is C16H23NO. The van der Waals surface area contributed by atoms with Gasteiger partial charge in [-0.25, -0.2) is 0 Å². The first-order valence-electron chi connectivity index (χ1n) is 7.29. The Morgan fingerprint density at radius 1 is 1.11 bits per heavy atom. The van der Waals surface area contributed by atoms with Crippen LogP contribution in [-0.4, -0.2) is 20.2 Å². The highest BCUT2D eigenvalue weighted by Crippen LogP contribution is 2.35. The van der Waals surface area contributed by atoms with Crippen LogP contribution in [-0.2, 0) is 12.8 Å². The van der Waals surface area contributed by atoms with Crippen LogP contribution in [0.5, 0.6) is 5.75 Å². The van der Waals surface area contributed by atoms with Crippen molar-refractivity contribution in [1.29, 1.82) is 0 Å². The SMILES string of the molecule is COc1cc2c(cc1C1CCCNC1)CCCC2. The number of hydrogen-bond acceptors (Lipinski definition) is 2. The van der Waals surface area contributed by atoms with E-state index in [1.165, 1.54) is 56.2 Å². The minimum Gasteiger partial charge on any atom is -0.496 e. The molecule has 1 atom stereocenters. The van der Waals surface area contributed by atoms with E-state index in [0.717, 1.165) is 12.3 Å². The molecule has 1 aliphatic heterocycles. The van der Waals surface area contributed by atoms with Gasteiger partial charge in [-0.1, -0.05) is 6.07 Å². The van der Waals surface area contributed by atoms with Crippen LogP contribution in [0, 0.1) is 0 Å². The monoisotopic (exact) mass is 245 g/mol. The van der Waals surface area contributed by atoms with Crippen molar-refractivity contribution in [3.05, 3.63) is 28.8 Å². The standard InChI is InChI=1S/C16H23NO/c1-18-16-10-13-6-3-2-5-12(13)9-15(16)14-7-4-8-17-11-14/h9-10,14,17H,2-8,11H2,1H3. The highest BCUT2D eigenvalue weighted by atomic mass is 16.5. The van der Waals surface area contributed by atoms with E-state index >= 15 is 0 Å². The van der Waals surface area contributed by atoms with E-state index < -0.39 is 0 Å². The molecule has 1 N–H and O–H groups in total. The molecule has 2 aliphatic rings. The summed E-state index contributed by atoms with van der Waals surface area (Å²) in [5, 5.41) is 3.51. The summed E-state index contributed by atoms with van der Waals surface area (Å²) < 4.78 is 5.64. The summed E-state index contributed by atoms with van der Waals surface area (Å²) in [6, 6.07) is 4.74. The molecule has 1 fully saturated rings. The second-order valence-electron chi connectivity index (χ2n) is 5.61. The fourth-order valence-electron chi connectivity index (χ4n) is 3.40. The highest BCUT2D eigenvalue weighted by Gasteiger charge is 2.21. The molecule has 1 aromatic rings. The van der Waals surface area contributed by atoms with Gasteiger partial charge in [0.15, 0.2) is 0 Å². The lowest BCUT2D eigenvalue weighted by Crippen LogP contribution is -2.28. The molecule has 1 unspecified atom stereocenters. The summed E-state index contributed by atoms with van der Waals surface area (Å²) in [6.45, 7) is 2.28. The van der Waals surface area contributed by atoms with Gasteiger partial charge in [0.25, 0.3) is 0 Å². The number of aryl methyl sites for hydroxylation is 2. The third-order valence-corrected chi connectivity index (χ3v) is 4.43. The zero-order chi connectivity index (χ0) is 12.4. The average Bonchev–Trinajstić information content (AvgIpc) is 2.46. The lowest BCUT2D eigenvalue weighted by molar-refractivity contribution is 0.391. The molecule has 0 amide bonds. The van der Waals surface area contributed by atoms with Crippen LogP contribution in [0.15, 0.2) is 12.1 Å². The largest absolute Gasteiger partial charge is 0.496 e. The van der Waals surface area contributed by atoms with E-state index in [1.807, 2.05) is 7.11 Å². The normalized spacial score (nSPS) is 23.5. The van der Waals surface area contributed by atoms with Crippen LogP contribution in [0.2, 0.25) is 0 Å². The summed E-state index contributed by atoms with van der Waals surface area (Å²) in [5.74, 6) is 1.75. The van der Waals surface area contributed by atoms with Gasteiger partial charge in [-0.05, 0) is 67.8 Å². The van der Waals surface area contributed by atoms with Crippen molar-refractivity contribution in [2.45, 2.75) is 44.4 Å².